The standard InChI is InChI=1S/C14H18ClN5/c1-3-4-9-20(2)14-18-13(10-16-19-14)17-12-7-5-11(15)6-8-12/h5-8,10H,3-4,9H2,1-2H3,(H,17,18,19). The molecule has 0 aliphatic carbocycles. The second-order valence-electron chi connectivity index (χ2n) is 4.55. The number of aromatic nitrogens is 3. The van der Waals surface area contributed by atoms with Gasteiger partial charge in [0, 0.05) is 24.3 Å². The highest BCUT2D eigenvalue weighted by molar-refractivity contribution is 6.30. The zero-order valence-corrected chi connectivity index (χ0v) is 12.4. The van der Waals surface area contributed by atoms with Gasteiger partial charge >= 0.3 is 0 Å². The molecule has 20 heavy (non-hydrogen) atoms. The number of unbranched alkanes of at least 4 members (excludes halogenated alkanes) is 1. The molecule has 0 fully saturated rings. The first kappa shape index (κ1) is 14.5. The van der Waals surface area contributed by atoms with Crippen LogP contribution in [0.3, 0.4) is 0 Å². The van der Waals surface area contributed by atoms with Crippen molar-refractivity contribution in [2.75, 3.05) is 23.8 Å². The Morgan fingerprint density at radius 3 is 2.70 bits per heavy atom. The molecule has 0 atom stereocenters. The molecule has 0 radical (unpaired) electrons. The van der Waals surface area contributed by atoms with Crippen LogP contribution in [0.5, 0.6) is 0 Å². The molecule has 106 valence electrons. The Hall–Kier alpha value is -1.88. The second-order valence-corrected chi connectivity index (χ2v) is 4.99. The quantitative estimate of drug-likeness (QED) is 0.883. The van der Waals surface area contributed by atoms with E-state index in [-0.39, 0.29) is 0 Å². The van der Waals surface area contributed by atoms with Crippen LogP contribution in [0.15, 0.2) is 30.5 Å². The lowest BCUT2D eigenvalue weighted by Gasteiger charge is -2.16. The molecular weight excluding hydrogens is 274 g/mol. The molecule has 1 heterocycles. The van der Waals surface area contributed by atoms with Crippen molar-refractivity contribution in [2.45, 2.75) is 19.8 Å². The van der Waals surface area contributed by atoms with Gasteiger partial charge < -0.3 is 10.2 Å². The molecular formula is C14H18ClN5. The van der Waals surface area contributed by atoms with Crippen molar-refractivity contribution >= 4 is 29.1 Å². The van der Waals surface area contributed by atoms with E-state index in [0.29, 0.717) is 16.8 Å². The van der Waals surface area contributed by atoms with Crippen molar-refractivity contribution in [3.8, 4) is 0 Å². The van der Waals surface area contributed by atoms with Crippen LogP contribution in [0.1, 0.15) is 19.8 Å². The minimum atomic E-state index is 0.623. The Bertz CT molecular complexity index is 544. The molecule has 1 aromatic heterocycles. The van der Waals surface area contributed by atoms with Gasteiger partial charge in [0.2, 0.25) is 5.95 Å². The minimum absolute atomic E-state index is 0.623. The monoisotopic (exact) mass is 291 g/mol. The van der Waals surface area contributed by atoms with E-state index in [1.807, 2.05) is 36.2 Å². The highest BCUT2D eigenvalue weighted by Gasteiger charge is 2.06. The Balaban J connectivity index is 2.07. The molecule has 0 amide bonds. The third kappa shape index (κ3) is 4.06. The average molecular weight is 292 g/mol. The van der Waals surface area contributed by atoms with Gasteiger partial charge in [0.25, 0.3) is 0 Å². The summed E-state index contributed by atoms with van der Waals surface area (Å²) < 4.78 is 0. The van der Waals surface area contributed by atoms with Crippen LogP contribution < -0.4 is 10.2 Å². The van der Waals surface area contributed by atoms with Gasteiger partial charge in [-0.2, -0.15) is 10.1 Å². The number of rotatable bonds is 6. The summed E-state index contributed by atoms with van der Waals surface area (Å²) in [5.41, 5.74) is 0.914. The zero-order valence-electron chi connectivity index (χ0n) is 11.7. The number of hydrogen-bond acceptors (Lipinski definition) is 5. The minimum Gasteiger partial charge on any atom is -0.343 e. The van der Waals surface area contributed by atoms with E-state index in [1.165, 1.54) is 0 Å². The molecule has 0 aliphatic heterocycles. The van der Waals surface area contributed by atoms with Crippen LogP contribution in [0.4, 0.5) is 17.5 Å². The maximum Gasteiger partial charge on any atom is 0.247 e. The van der Waals surface area contributed by atoms with E-state index in [4.69, 9.17) is 11.6 Å². The molecule has 0 bridgehead atoms. The molecule has 1 N–H and O–H groups in total. The summed E-state index contributed by atoms with van der Waals surface area (Å²) in [4.78, 5) is 6.46. The Morgan fingerprint density at radius 2 is 2.00 bits per heavy atom. The van der Waals surface area contributed by atoms with Gasteiger partial charge in [-0.15, -0.1) is 5.10 Å². The number of anilines is 3. The highest BCUT2D eigenvalue weighted by atomic mass is 35.5. The largest absolute Gasteiger partial charge is 0.343 e. The first-order chi connectivity index (χ1) is 9.69. The topological polar surface area (TPSA) is 53.9 Å². The predicted molar refractivity (Wildman–Crippen MR) is 82.7 cm³/mol. The lowest BCUT2D eigenvalue weighted by molar-refractivity contribution is 0.741. The molecule has 0 aliphatic rings. The first-order valence-electron chi connectivity index (χ1n) is 6.62. The summed E-state index contributed by atoms with van der Waals surface area (Å²) in [5, 5.41) is 11.9. The maximum absolute atomic E-state index is 5.86. The molecule has 2 aromatic rings. The average Bonchev–Trinajstić information content (AvgIpc) is 2.47. The lowest BCUT2D eigenvalue weighted by atomic mass is 10.3. The second kappa shape index (κ2) is 7.05. The van der Waals surface area contributed by atoms with E-state index >= 15 is 0 Å². The van der Waals surface area contributed by atoms with Gasteiger partial charge in [-0.25, -0.2) is 0 Å². The number of halogens is 1. The summed E-state index contributed by atoms with van der Waals surface area (Å²) >= 11 is 5.86. The number of benzene rings is 1. The van der Waals surface area contributed by atoms with Gasteiger partial charge in [-0.1, -0.05) is 24.9 Å². The SMILES string of the molecule is CCCCN(C)c1nncc(Nc2ccc(Cl)cc2)n1. The Kier molecular flexibility index (Phi) is 5.12. The molecule has 6 heteroatoms. The van der Waals surface area contributed by atoms with Crippen molar-refractivity contribution in [1.29, 1.82) is 0 Å². The van der Waals surface area contributed by atoms with Crippen LogP contribution in [0, 0.1) is 0 Å². The van der Waals surface area contributed by atoms with Gasteiger partial charge in [-0.05, 0) is 30.7 Å². The summed E-state index contributed by atoms with van der Waals surface area (Å²) in [6.45, 7) is 3.08. The van der Waals surface area contributed by atoms with E-state index in [0.717, 1.165) is 25.1 Å². The van der Waals surface area contributed by atoms with Gasteiger partial charge in [-0.3, -0.25) is 0 Å². The van der Waals surface area contributed by atoms with E-state index in [1.54, 1.807) is 6.20 Å². The molecule has 2 rings (SSSR count). The molecule has 0 saturated heterocycles. The van der Waals surface area contributed by atoms with Crippen molar-refractivity contribution < 1.29 is 0 Å². The molecule has 0 saturated carbocycles. The fraction of sp³-hybridized carbons (Fsp3) is 0.357. The van der Waals surface area contributed by atoms with Crippen LogP contribution in [0.25, 0.3) is 0 Å². The van der Waals surface area contributed by atoms with Crippen molar-refractivity contribution in [1.82, 2.24) is 15.2 Å². The van der Waals surface area contributed by atoms with E-state index in [9.17, 15) is 0 Å². The smallest absolute Gasteiger partial charge is 0.247 e. The van der Waals surface area contributed by atoms with E-state index < -0.39 is 0 Å². The first-order valence-corrected chi connectivity index (χ1v) is 7.00. The predicted octanol–water partition coefficient (Wildman–Crippen LogP) is 3.50. The fourth-order valence-electron chi connectivity index (χ4n) is 1.69. The summed E-state index contributed by atoms with van der Waals surface area (Å²) in [6, 6.07) is 7.44. The summed E-state index contributed by atoms with van der Waals surface area (Å²) in [5.74, 6) is 1.29. The molecule has 1 aromatic carbocycles. The van der Waals surface area contributed by atoms with E-state index in [2.05, 4.69) is 27.4 Å². The van der Waals surface area contributed by atoms with Gasteiger partial charge in [0.1, 0.15) is 0 Å². The van der Waals surface area contributed by atoms with Gasteiger partial charge in [0.15, 0.2) is 5.82 Å². The van der Waals surface area contributed by atoms with Crippen LogP contribution >= 0.6 is 11.6 Å². The van der Waals surface area contributed by atoms with Crippen molar-refractivity contribution in [2.24, 2.45) is 0 Å². The number of nitrogens with one attached hydrogen (secondary N) is 1. The highest BCUT2D eigenvalue weighted by Crippen LogP contribution is 2.18. The van der Waals surface area contributed by atoms with Crippen LogP contribution in [-0.4, -0.2) is 28.8 Å². The van der Waals surface area contributed by atoms with Crippen molar-refractivity contribution in [3.63, 3.8) is 0 Å². The molecule has 5 nitrogen and oxygen atoms in total. The molecule has 0 unspecified atom stereocenters. The number of nitrogens with zero attached hydrogens (tertiary/aromatic N) is 4. The fourth-order valence-corrected chi connectivity index (χ4v) is 1.82. The Morgan fingerprint density at radius 1 is 1.25 bits per heavy atom. The third-order valence-electron chi connectivity index (χ3n) is 2.85. The maximum atomic E-state index is 5.86. The normalized spacial score (nSPS) is 10.3. The lowest BCUT2D eigenvalue weighted by Crippen LogP contribution is -2.21. The summed E-state index contributed by atoms with van der Waals surface area (Å²) in [7, 11) is 1.97. The Labute approximate surface area is 124 Å². The van der Waals surface area contributed by atoms with Crippen molar-refractivity contribution in [3.05, 3.63) is 35.5 Å². The third-order valence-corrected chi connectivity index (χ3v) is 3.10. The number of hydrogen-bond donors (Lipinski definition) is 1. The summed E-state index contributed by atoms with van der Waals surface area (Å²) in [6.07, 6.45) is 3.85. The zero-order chi connectivity index (χ0) is 14.4. The van der Waals surface area contributed by atoms with Crippen LogP contribution in [0.2, 0.25) is 5.02 Å². The molecule has 0 spiro atoms. The van der Waals surface area contributed by atoms with Gasteiger partial charge in [0.05, 0.1) is 6.20 Å². The van der Waals surface area contributed by atoms with Crippen LogP contribution in [-0.2, 0) is 0 Å².